The molecule has 180 valence electrons. The second-order valence-corrected chi connectivity index (χ2v) is 8.89. The molecule has 0 aliphatic rings. The minimum atomic E-state index is -0.652. The van der Waals surface area contributed by atoms with Gasteiger partial charge < -0.3 is 15.4 Å². The van der Waals surface area contributed by atoms with Crippen molar-refractivity contribution >= 4 is 68.2 Å². The first-order valence-corrected chi connectivity index (χ1v) is 11.6. The third-order valence-corrected chi connectivity index (χ3v) is 6.87. The van der Waals surface area contributed by atoms with Crippen LogP contribution in [0.1, 0.15) is 18.2 Å². The van der Waals surface area contributed by atoms with Gasteiger partial charge in [0.25, 0.3) is 0 Å². The Morgan fingerprint density at radius 2 is 1.91 bits per heavy atom. The molecule has 2 heterocycles. The number of likely N-dealkylation sites (N-methyl/N-ethyl adjacent to an activating group) is 1. The number of halogens is 3. The highest BCUT2D eigenvalue weighted by molar-refractivity contribution is 9.10. The van der Waals surface area contributed by atoms with Crippen molar-refractivity contribution in [2.75, 3.05) is 25.0 Å². The lowest BCUT2D eigenvalue weighted by atomic mass is 10.2. The molecule has 0 spiro atoms. The highest BCUT2D eigenvalue weighted by atomic mass is 79.9. The van der Waals surface area contributed by atoms with Gasteiger partial charge in [0.2, 0.25) is 17.7 Å². The number of carbonyl (C=O) groups excluding carboxylic acids is 3. The van der Waals surface area contributed by atoms with E-state index in [1.54, 1.807) is 18.2 Å². The molecule has 0 aliphatic heterocycles. The Kier molecular flexibility index (Phi) is 8.19. The molecule has 0 radical (unpaired) electrons. The molecule has 12 heteroatoms. The number of aryl methyl sites for hydroxylation is 1. The summed E-state index contributed by atoms with van der Waals surface area (Å²) in [4.78, 5) is 43.0. The number of carbonyl (C=O) groups is 3. The molecule has 2 aromatic heterocycles. The molecule has 0 aliphatic carbocycles. The standard InChI is InChI=1S/C22H22BrCl2N5O4/c1-12-21(23)29-8-4-5-17(22(29)27-12)34-11-14-15(24)6-7-16(20(14)25)28(3)19(33)10-30(13(2)31)18(32)9-26/h4-8H,9-11,26H2,1-3H3. The average Bonchev–Trinajstić information content (AvgIpc) is 3.10. The van der Waals surface area contributed by atoms with Gasteiger partial charge in [0, 0.05) is 30.8 Å². The number of nitrogens with two attached hydrogens (primary N) is 1. The smallest absolute Gasteiger partial charge is 0.246 e. The fraction of sp³-hybridized carbons (Fsp3) is 0.273. The van der Waals surface area contributed by atoms with Crippen molar-refractivity contribution in [2.24, 2.45) is 5.73 Å². The molecule has 3 rings (SSSR count). The van der Waals surface area contributed by atoms with Crippen LogP contribution in [-0.2, 0) is 21.0 Å². The SMILES string of the molecule is CC(=O)N(CC(=O)N(C)c1ccc(Cl)c(COc2cccn3c(Br)c(C)nc23)c1Cl)C(=O)CN. The molecule has 9 nitrogen and oxygen atoms in total. The van der Waals surface area contributed by atoms with Gasteiger partial charge in [-0.25, -0.2) is 4.98 Å². The number of amides is 3. The van der Waals surface area contributed by atoms with Crippen molar-refractivity contribution in [3.8, 4) is 5.75 Å². The molecular formula is C22H22BrCl2N5O4. The molecule has 34 heavy (non-hydrogen) atoms. The van der Waals surface area contributed by atoms with E-state index in [-0.39, 0.29) is 18.2 Å². The van der Waals surface area contributed by atoms with Crippen LogP contribution in [0.5, 0.6) is 5.75 Å². The predicted molar refractivity (Wildman–Crippen MR) is 133 cm³/mol. The van der Waals surface area contributed by atoms with Gasteiger partial charge in [0.15, 0.2) is 11.4 Å². The van der Waals surface area contributed by atoms with E-state index in [1.165, 1.54) is 18.9 Å². The Labute approximate surface area is 214 Å². The number of rotatable bonds is 7. The Morgan fingerprint density at radius 3 is 2.56 bits per heavy atom. The first kappa shape index (κ1) is 26.0. The average molecular weight is 571 g/mol. The summed E-state index contributed by atoms with van der Waals surface area (Å²) in [7, 11) is 1.49. The van der Waals surface area contributed by atoms with Gasteiger partial charge in [-0.15, -0.1) is 0 Å². The molecule has 2 N–H and O–H groups in total. The van der Waals surface area contributed by atoms with E-state index < -0.39 is 24.3 Å². The first-order chi connectivity index (χ1) is 16.1. The van der Waals surface area contributed by atoms with Gasteiger partial charge in [-0.3, -0.25) is 23.7 Å². The van der Waals surface area contributed by atoms with E-state index in [0.717, 1.165) is 15.2 Å². The topological polar surface area (TPSA) is 110 Å². The second-order valence-electron chi connectivity index (χ2n) is 7.36. The van der Waals surface area contributed by atoms with Gasteiger partial charge in [-0.2, -0.15) is 0 Å². The van der Waals surface area contributed by atoms with Crippen LogP contribution in [-0.4, -0.2) is 52.1 Å². The summed E-state index contributed by atoms with van der Waals surface area (Å²) in [6.07, 6.45) is 1.85. The van der Waals surface area contributed by atoms with Gasteiger partial charge in [0.1, 0.15) is 17.8 Å². The minimum Gasteiger partial charge on any atom is -0.485 e. The van der Waals surface area contributed by atoms with Gasteiger partial charge in [0.05, 0.1) is 22.9 Å². The van der Waals surface area contributed by atoms with Crippen molar-refractivity contribution in [3.63, 3.8) is 0 Å². The fourth-order valence-corrected chi connectivity index (χ4v) is 4.21. The number of aromatic nitrogens is 2. The molecule has 3 amide bonds. The molecule has 0 atom stereocenters. The number of imidazole rings is 1. The lowest BCUT2D eigenvalue weighted by Gasteiger charge is -2.24. The zero-order valence-electron chi connectivity index (χ0n) is 18.6. The van der Waals surface area contributed by atoms with Crippen molar-refractivity contribution in [2.45, 2.75) is 20.5 Å². The third-order valence-electron chi connectivity index (χ3n) is 5.14. The number of nitrogens with zero attached hydrogens (tertiary/aromatic N) is 4. The Bertz CT molecular complexity index is 1280. The number of benzene rings is 1. The Hall–Kier alpha value is -2.66. The number of pyridine rings is 1. The zero-order chi connectivity index (χ0) is 25.2. The highest BCUT2D eigenvalue weighted by Gasteiger charge is 2.25. The number of anilines is 1. The molecule has 0 saturated carbocycles. The largest absolute Gasteiger partial charge is 0.485 e. The van der Waals surface area contributed by atoms with Crippen LogP contribution in [0.3, 0.4) is 0 Å². The molecule has 3 aromatic rings. The summed E-state index contributed by atoms with van der Waals surface area (Å²) >= 11 is 16.5. The minimum absolute atomic E-state index is 0.0158. The first-order valence-electron chi connectivity index (χ1n) is 10.1. The van der Waals surface area contributed by atoms with Crippen molar-refractivity contribution in [3.05, 3.63) is 56.4 Å². The summed E-state index contributed by atoms with van der Waals surface area (Å²) in [5.41, 5.74) is 7.57. The van der Waals surface area contributed by atoms with E-state index >= 15 is 0 Å². The molecule has 0 bridgehead atoms. The summed E-state index contributed by atoms with van der Waals surface area (Å²) in [6, 6.07) is 6.77. The Balaban J connectivity index is 1.85. The number of hydrogen-bond donors (Lipinski definition) is 1. The molecule has 1 aromatic carbocycles. The van der Waals surface area contributed by atoms with Crippen molar-refractivity contribution < 1.29 is 19.1 Å². The van der Waals surface area contributed by atoms with E-state index in [2.05, 4.69) is 20.9 Å². The number of fused-ring (bicyclic) bond motifs is 1. The predicted octanol–water partition coefficient (Wildman–Crippen LogP) is 3.59. The molecular weight excluding hydrogens is 549 g/mol. The van der Waals surface area contributed by atoms with Gasteiger partial charge in [-0.05, 0) is 47.1 Å². The van der Waals surface area contributed by atoms with Crippen LogP contribution in [0.25, 0.3) is 5.65 Å². The maximum Gasteiger partial charge on any atom is 0.246 e. The van der Waals surface area contributed by atoms with E-state index in [4.69, 9.17) is 33.7 Å². The summed E-state index contributed by atoms with van der Waals surface area (Å²) < 4.78 is 8.65. The summed E-state index contributed by atoms with van der Waals surface area (Å²) in [6.45, 7) is 2.22. The van der Waals surface area contributed by atoms with E-state index in [1.807, 2.05) is 23.6 Å². The van der Waals surface area contributed by atoms with Crippen LogP contribution in [0.15, 0.2) is 35.1 Å². The summed E-state index contributed by atoms with van der Waals surface area (Å²) in [5, 5.41) is 0.557. The van der Waals surface area contributed by atoms with Crippen LogP contribution in [0.4, 0.5) is 5.69 Å². The van der Waals surface area contributed by atoms with Gasteiger partial charge in [-0.1, -0.05) is 23.2 Å². The van der Waals surface area contributed by atoms with Crippen LogP contribution >= 0.6 is 39.1 Å². The van der Waals surface area contributed by atoms with E-state index in [0.29, 0.717) is 27.7 Å². The van der Waals surface area contributed by atoms with Crippen molar-refractivity contribution in [1.29, 1.82) is 0 Å². The fourth-order valence-electron chi connectivity index (χ4n) is 3.23. The summed E-state index contributed by atoms with van der Waals surface area (Å²) in [5.74, 6) is -1.24. The zero-order valence-corrected chi connectivity index (χ0v) is 21.7. The van der Waals surface area contributed by atoms with Crippen LogP contribution in [0.2, 0.25) is 10.0 Å². The maximum absolute atomic E-state index is 12.8. The van der Waals surface area contributed by atoms with Crippen molar-refractivity contribution in [1.82, 2.24) is 14.3 Å². The molecule has 0 unspecified atom stereocenters. The molecule has 0 saturated heterocycles. The monoisotopic (exact) mass is 569 g/mol. The second kappa shape index (κ2) is 10.7. The highest BCUT2D eigenvalue weighted by Crippen LogP contribution is 2.35. The third kappa shape index (κ3) is 5.20. The van der Waals surface area contributed by atoms with E-state index in [9.17, 15) is 14.4 Å². The lowest BCUT2D eigenvalue weighted by Crippen LogP contribution is -2.46. The number of hydrogen-bond acceptors (Lipinski definition) is 6. The maximum atomic E-state index is 12.8. The lowest BCUT2D eigenvalue weighted by molar-refractivity contribution is -0.145. The van der Waals surface area contributed by atoms with Crippen LogP contribution < -0.4 is 15.4 Å². The normalized spacial score (nSPS) is 10.9. The number of imide groups is 1. The Morgan fingerprint density at radius 1 is 1.21 bits per heavy atom. The molecule has 0 fully saturated rings. The quantitative estimate of drug-likeness (QED) is 0.465. The van der Waals surface area contributed by atoms with Crippen LogP contribution in [0, 0.1) is 6.92 Å². The number of ether oxygens (including phenoxy) is 1. The van der Waals surface area contributed by atoms with Gasteiger partial charge >= 0.3 is 0 Å².